The maximum atomic E-state index is 14.0. The minimum Gasteiger partial charge on any atom is -0.793 e. The molecule has 3 radical (unpaired) electrons. The van der Waals surface area contributed by atoms with Crippen LogP contribution in [0.4, 0.5) is 30.2 Å². The van der Waals surface area contributed by atoms with Crippen LogP contribution in [0.25, 0.3) is 0 Å². The summed E-state index contributed by atoms with van der Waals surface area (Å²) in [7, 11) is 4.32. The Morgan fingerprint density at radius 1 is 0.510 bits per heavy atom. The van der Waals surface area contributed by atoms with Gasteiger partial charge >= 0.3 is 41.5 Å². The fourth-order valence-electron chi connectivity index (χ4n) is 16.5. The van der Waals surface area contributed by atoms with Crippen LogP contribution in [-0.4, -0.2) is 174 Å². The van der Waals surface area contributed by atoms with Crippen LogP contribution in [0.1, 0.15) is 214 Å². The summed E-state index contributed by atoms with van der Waals surface area (Å²) in [5.41, 5.74) is 6.82. The molecule has 0 bridgehead atoms. The number of oxime groups is 1. The molecule has 0 aromatic heterocycles. The number of Topliss-reactive ketones (excluding diaryl/α,β-unsaturated/α-hetero) is 1. The van der Waals surface area contributed by atoms with E-state index in [1.165, 1.54) is 50.1 Å². The third-order valence-electron chi connectivity index (χ3n) is 21.7. The number of halogens is 3. The van der Waals surface area contributed by atoms with Crippen molar-refractivity contribution in [3.8, 4) is 0 Å². The van der Waals surface area contributed by atoms with Crippen molar-refractivity contribution in [3.05, 3.63) is 88.7 Å². The minimum atomic E-state index is -0.639. The van der Waals surface area contributed by atoms with E-state index in [-0.39, 0.29) is 100.0 Å². The second-order valence-corrected chi connectivity index (χ2v) is 28.3. The van der Waals surface area contributed by atoms with Gasteiger partial charge in [-0.15, -0.1) is 0 Å². The van der Waals surface area contributed by atoms with Crippen LogP contribution < -0.4 is 50.2 Å². The molecule has 7 heterocycles. The topological polar surface area (TPSA) is 257 Å². The van der Waals surface area contributed by atoms with Gasteiger partial charge in [-0.05, 0) is 188 Å². The van der Waals surface area contributed by atoms with Gasteiger partial charge in [0.1, 0.15) is 29.8 Å². The molecule has 14 rings (SSSR count). The number of piperidine rings is 2. The van der Waals surface area contributed by atoms with Gasteiger partial charge in [0.05, 0.1) is 38.7 Å². The van der Waals surface area contributed by atoms with Crippen molar-refractivity contribution in [3.63, 3.8) is 0 Å². The van der Waals surface area contributed by atoms with Crippen molar-refractivity contribution in [2.75, 3.05) is 100 Å². The summed E-state index contributed by atoms with van der Waals surface area (Å²) in [5.74, 6) is 1.99. The number of nitrogens with two attached hydrogens (primary N) is 1. The smallest absolute Gasteiger partial charge is 0.793 e. The number of amides is 3. The Hall–Kier alpha value is -5.85. The van der Waals surface area contributed by atoms with Crippen LogP contribution in [0.15, 0.2) is 59.8 Å². The van der Waals surface area contributed by atoms with Crippen LogP contribution in [0.5, 0.6) is 0 Å². The standard InChI is InChI=1S/C22H30FN3O2.C22H29FN2O3.C15H18FNO.C8H12O3.C4H6O4.C2H3BO2.C2H7NO.CH4.Na/c1-3-28-24-18-5-7-19(8-6-18)25-12-10-22(11-13-25)15-26(16(2)27)21-9-4-17(23)14-20(21)22;1-16(26)25-15-21(19-14-17(23)2-3-20(19)25)8-10-24(11-9-21)18-4-6-22(7-5-18)27-12-13-28-22;1-11(18)17-10-15(7-3-2-4-8-15)13-9-12(16)5-6-14(13)17;9-7-1-3-8(4-2-7)10-5-6-11-8;1-3(5)7-8-4(2)6;1-2(4)5-3;1-2-4-3;;/h4,9,14,19H,3,5-8,10-13,15H2,1-2H3;2-3,14,18H,4-13,15H2,1H3;5-6,9H,2-4,7-8,10H2,1H3;1-6H2;1-2H3;1H3;2-3H2,1H3;1H4;/q;;;;;-1;;;+1. The first-order chi connectivity index (χ1) is 48.8. The maximum Gasteiger partial charge on any atom is 1.00 e. The monoisotopic (exact) mass is 1470 g/mol. The van der Waals surface area contributed by atoms with Gasteiger partial charge in [-0.3, -0.25) is 24.0 Å². The molecule has 104 heavy (non-hydrogen) atoms. The molecule has 0 atom stereocenters. The van der Waals surface area contributed by atoms with Crippen molar-refractivity contribution >= 4 is 72.2 Å². The van der Waals surface area contributed by atoms with Crippen LogP contribution >= 0.6 is 0 Å². The summed E-state index contributed by atoms with van der Waals surface area (Å²) in [6.45, 7) is 22.3. The summed E-state index contributed by atoms with van der Waals surface area (Å²) >= 11 is 0. The zero-order chi connectivity index (χ0) is 73.8. The number of carbonyl (C=O) groups excluding carboxylic acids is 7. The number of ketones is 1. The van der Waals surface area contributed by atoms with Crippen molar-refractivity contribution in [1.29, 1.82) is 0 Å². The Morgan fingerprint density at radius 3 is 1.16 bits per heavy atom. The first-order valence-electron chi connectivity index (χ1n) is 36.3. The summed E-state index contributed by atoms with van der Waals surface area (Å²) in [4.78, 5) is 104. The summed E-state index contributed by atoms with van der Waals surface area (Å²) in [6, 6.07) is 15.8. The molecule has 4 saturated heterocycles. The van der Waals surface area contributed by atoms with Gasteiger partial charge in [-0.25, -0.2) is 38.4 Å². The molecule has 23 nitrogen and oxygen atoms in total. The third kappa shape index (κ3) is 22.6. The fourth-order valence-corrected chi connectivity index (χ4v) is 16.5. The predicted molar refractivity (Wildman–Crippen MR) is 383 cm³/mol. The zero-order valence-corrected chi connectivity index (χ0v) is 63.9. The van der Waals surface area contributed by atoms with E-state index in [1.807, 2.05) is 28.5 Å². The Bertz CT molecular complexity index is 3350. The summed E-state index contributed by atoms with van der Waals surface area (Å²) in [5, 5.41) is 4.22. The van der Waals surface area contributed by atoms with Crippen LogP contribution in [0, 0.1) is 17.5 Å². The molecule has 2 N–H and O–H groups in total. The molecule has 4 aliphatic carbocycles. The second kappa shape index (κ2) is 40.4. The SMILES string of the molecule is C.CC(=O)N1CC2(CCCCC2)c2cc(F)ccc21.CC(=O)N1CC2(CCN(C3CCC4(CC3)OCCO4)CC2)c2cc(F)ccc21.CC(=O)OOC(C)=O.CCON.CCON=C1CCC(N2CCC3(CC2)CN(C(C)=O)c2ccc(F)cc23)CC1.O=C1CCC2(CC1)OCCO2.[B-]OC(C)=O.[Na+]. The quantitative estimate of drug-likeness (QED) is 0.143. The van der Waals surface area contributed by atoms with E-state index in [0.29, 0.717) is 70.2 Å². The Labute approximate surface area is 635 Å². The number of fused-ring (bicyclic) bond motifs is 6. The van der Waals surface area contributed by atoms with E-state index in [1.54, 1.807) is 57.2 Å². The van der Waals surface area contributed by atoms with E-state index in [2.05, 4.69) is 48.2 Å². The molecule has 4 saturated carbocycles. The number of hydrogen-bond acceptors (Lipinski definition) is 20. The van der Waals surface area contributed by atoms with Gasteiger partial charge in [-0.2, -0.15) is 0 Å². The third-order valence-corrected chi connectivity index (χ3v) is 21.7. The zero-order valence-electron chi connectivity index (χ0n) is 61.9. The molecule has 8 fully saturated rings. The summed E-state index contributed by atoms with van der Waals surface area (Å²) < 4.78 is 67.8. The number of likely N-dealkylation sites (tertiary alicyclic amines) is 2. The van der Waals surface area contributed by atoms with Gasteiger partial charge in [-0.1, -0.05) is 31.8 Å². The van der Waals surface area contributed by atoms with Gasteiger partial charge in [0, 0.05) is 145 Å². The van der Waals surface area contributed by atoms with Crippen molar-refractivity contribution in [1.82, 2.24) is 9.80 Å². The number of anilines is 3. The Balaban J connectivity index is 0.000000208. The van der Waals surface area contributed by atoms with Crippen LogP contribution in [0.3, 0.4) is 0 Å². The van der Waals surface area contributed by atoms with Crippen molar-refractivity contribution < 1.29 is 119 Å². The van der Waals surface area contributed by atoms with E-state index in [9.17, 15) is 46.7 Å². The average molecular weight is 1470 g/mol. The molecule has 7 aliphatic heterocycles. The van der Waals surface area contributed by atoms with E-state index < -0.39 is 17.9 Å². The van der Waals surface area contributed by atoms with Crippen molar-refractivity contribution in [2.24, 2.45) is 11.1 Å². The van der Waals surface area contributed by atoms with Crippen LogP contribution in [0.2, 0.25) is 0 Å². The largest absolute Gasteiger partial charge is 1.00 e. The van der Waals surface area contributed by atoms with E-state index in [4.69, 9.17) is 23.8 Å². The van der Waals surface area contributed by atoms with Crippen LogP contribution in [-0.2, 0) is 92.9 Å². The number of carbonyl (C=O) groups is 7. The molecule has 3 aromatic carbocycles. The van der Waals surface area contributed by atoms with E-state index in [0.717, 1.165) is 196 Å². The first-order valence-corrected chi connectivity index (χ1v) is 36.3. The molecule has 3 aromatic rings. The average Bonchev–Trinajstić information content (AvgIpc) is 1.61. The Morgan fingerprint density at radius 2 is 0.846 bits per heavy atom. The number of hydrogen-bond donors (Lipinski definition) is 1. The van der Waals surface area contributed by atoms with Gasteiger partial charge in [0.15, 0.2) is 11.6 Å². The number of benzene rings is 3. The van der Waals surface area contributed by atoms with Gasteiger partial charge in [0.2, 0.25) is 23.7 Å². The summed E-state index contributed by atoms with van der Waals surface area (Å²) in [6.07, 6.45) is 20.9. The molecule has 28 heteroatoms. The number of ether oxygens (including phenoxy) is 4. The molecule has 11 aliphatic rings. The molecular formula is C76H109BF3N7NaO16. The second-order valence-electron chi connectivity index (χ2n) is 28.3. The molecule has 3 amide bonds. The van der Waals surface area contributed by atoms with Gasteiger partial charge in [0.25, 0.3) is 0 Å². The first kappa shape index (κ1) is 87.1. The fraction of sp³-hybridized carbons (Fsp3) is 0.658. The maximum absolute atomic E-state index is 14.0. The molecule has 5 spiro atoms. The molecule has 569 valence electrons. The molecule has 0 unspecified atom stereocenters. The van der Waals surface area contributed by atoms with Gasteiger partial charge < -0.3 is 65.8 Å². The normalized spacial score (nSPS) is 21.8. The minimum absolute atomic E-state index is 0. The van der Waals surface area contributed by atoms with E-state index >= 15 is 0 Å². The predicted octanol–water partition coefficient (Wildman–Crippen LogP) is 8.54. The number of nitrogens with zero attached hydrogens (tertiary/aromatic N) is 6. The Kier molecular flexibility index (Phi) is 33.8. The van der Waals surface area contributed by atoms with Crippen molar-refractivity contribution in [2.45, 2.75) is 238 Å². The number of rotatable bonds is 5. The molecular weight excluding hydrogens is 1360 g/mol.